The van der Waals surface area contributed by atoms with E-state index in [0.717, 1.165) is 0 Å². The standard InChI is InChI=1S/C15H16F3NO/c1-9-3-2-4-12(16)13(9)14(20)19-7-10-5-6-11(8-19)15(10,17)18/h2-4,10-11H,5-8H2,1H3. The predicted molar refractivity (Wildman–Crippen MR) is 68.2 cm³/mol. The summed E-state index contributed by atoms with van der Waals surface area (Å²) in [5.74, 6) is -5.29. The average molecular weight is 283 g/mol. The number of hydrogen-bond donors (Lipinski definition) is 0. The van der Waals surface area contributed by atoms with E-state index in [1.807, 2.05) is 0 Å². The molecule has 2 bridgehead atoms. The number of hydrogen-bond acceptors (Lipinski definition) is 1. The summed E-state index contributed by atoms with van der Waals surface area (Å²) >= 11 is 0. The molecule has 5 heteroatoms. The molecule has 0 spiro atoms. The molecule has 2 nitrogen and oxygen atoms in total. The van der Waals surface area contributed by atoms with Crippen LogP contribution in [0, 0.1) is 24.6 Å². The van der Waals surface area contributed by atoms with Gasteiger partial charge in [0, 0.05) is 24.9 Å². The summed E-state index contributed by atoms with van der Waals surface area (Å²) in [5, 5.41) is 0. The molecule has 1 saturated heterocycles. The highest BCUT2D eigenvalue weighted by atomic mass is 19.3. The van der Waals surface area contributed by atoms with E-state index in [4.69, 9.17) is 0 Å². The van der Waals surface area contributed by atoms with E-state index in [-0.39, 0.29) is 18.7 Å². The monoisotopic (exact) mass is 283 g/mol. The molecule has 2 aliphatic rings. The highest BCUT2D eigenvalue weighted by molar-refractivity contribution is 5.96. The second kappa shape index (κ2) is 4.50. The molecule has 1 aromatic carbocycles. The molecule has 1 aliphatic carbocycles. The van der Waals surface area contributed by atoms with Crippen molar-refractivity contribution in [1.82, 2.24) is 4.90 Å². The first kappa shape index (κ1) is 13.5. The van der Waals surface area contributed by atoms with Gasteiger partial charge in [0.25, 0.3) is 11.8 Å². The van der Waals surface area contributed by atoms with Crippen LogP contribution >= 0.6 is 0 Å². The summed E-state index contributed by atoms with van der Waals surface area (Å²) < 4.78 is 41.5. The van der Waals surface area contributed by atoms with Crippen molar-refractivity contribution < 1.29 is 18.0 Å². The molecule has 1 heterocycles. The molecule has 1 aromatic rings. The van der Waals surface area contributed by atoms with Gasteiger partial charge in [-0.05, 0) is 31.4 Å². The summed E-state index contributed by atoms with van der Waals surface area (Å²) in [7, 11) is 0. The van der Waals surface area contributed by atoms with Crippen LogP contribution in [0.15, 0.2) is 18.2 Å². The van der Waals surface area contributed by atoms with Gasteiger partial charge in [0.15, 0.2) is 0 Å². The second-order valence-electron chi connectivity index (χ2n) is 5.79. The van der Waals surface area contributed by atoms with E-state index in [0.29, 0.717) is 18.4 Å². The Morgan fingerprint density at radius 2 is 1.85 bits per heavy atom. The highest BCUT2D eigenvalue weighted by Crippen LogP contribution is 2.48. The van der Waals surface area contributed by atoms with Crippen LogP contribution in [0.25, 0.3) is 0 Å². The van der Waals surface area contributed by atoms with Crippen LogP contribution in [0.1, 0.15) is 28.8 Å². The zero-order valence-corrected chi connectivity index (χ0v) is 11.2. The van der Waals surface area contributed by atoms with Gasteiger partial charge < -0.3 is 4.90 Å². The van der Waals surface area contributed by atoms with Crippen LogP contribution in [-0.2, 0) is 0 Å². The zero-order valence-electron chi connectivity index (χ0n) is 11.2. The predicted octanol–water partition coefficient (Wildman–Crippen LogP) is 3.25. The van der Waals surface area contributed by atoms with Gasteiger partial charge in [0.2, 0.25) is 0 Å². The first-order valence-corrected chi connectivity index (χ1v) is 6.83. The van der Waals surface area contributed by atoms with Gasteiger partial charge in [-0.1, -0.05) is 12.1 Å². The van der Waals surface area contributed by atoms with Crippen molar-refractivity contribution in [3.05, 3.63) is 35.1 Å². The van der Waals surface area contributed by atoms with Gasteiger partial charge in [0.05, 0.1) is 5.56 Å². The molecular formula is C15H16F3NO. The molecule has 0 aromatic heterocycles. The van der Waals surface area contributed by atoms with Gasteiger partial charge in [-0.25, -0.2) is 13.2 Å². The lowest BCUT2D eigenvalue weighted by Crippen LogP contribution is -2.51. The number of carbonyl (C=O) groups excluding carboxylic acids is 1. The number of rotatable bonds is 1. The summed E-state index contributed by atoms with van der Waals surface area (Å²) in [6.07, 6.45) is 0.884. The van der Waals surface area contributed by atoms with Crippen LogP contribution in [0.5, 0.6) is 0 Å². The van der Waals surface area contributed by atoms with Crippen LogP contribution in [0.3, 0.4) is 0 Å². The third-order valence-electron chi connectivity index (χ3n) is 4.56. The smallest absolute Gasteiger partial charge is 0.257 e. The highest BCUT2D eigenvalue weighted by Gasteiger charge is 2.56. The molecule has 1 amide bonds. The Labute approximate surface area is 115 Å². The Bertz CT molecular complexity index is 522. The van der Waals surface area contributed by atoms with E-state index < -0.39 is 29.5 Å². The number of likely N-dealkylation sites (tertiary alicyclic amines) is 1. The molecule has 0 radical (unpaired) electrons. The van der Waals surface area contributed by atoms with Crippen molar-refractivity contribution in [2.24, 2.45) is 11.8 Å². The molecule has 20 heavy (non-hydrogen) atoms. The van der Waals surface area contributed by atoms with Crippen LogP contribution in [0.2, 0.25) is 0 Å². The van der Waals surface area contributed by atoms with Gasteiger partial charge >= 0.3 is 0 Å². The number of nitrogens with zero attached hydrogens (tertiary/aromatic N) is 1. The summed E-state index contributed by atoms with van der Waals surface area (Å²) in [5.41, 5.74) is 0.553. The van der Waals surface area contributed by atoms with Crippen molar-refractivity contribution in [3.8, 4) is 0 Å². The summed E-state index contributed by atoms with van der Waals surface area (Å²) in [6.45, 7) is 1.70. The summed E-state index contributed by atoms with van der Waals surface area (Å²) in [6, 6.07) is 4.42. The Morgan fingerprint density at radius 3 is 2.40 bits per heavy atom. The zero-order chi connectivity index (χ0) is 14.5. The van der Waals surface area contributed by atoms with E-state index in [1.54, 1.807) is 13.0 Å². The third kappa shape index (κ3) is 1.91. The maximum atomic E-state index is 13.8. The van der Waals surface area contributed by atoms with E-state index >= 15 is 0 Å². The number of fused-ring (bicyclic) bond motifs is 2. The molecule has 0 N–H and O–H groups in total. The van der Waals surface area contributed by atoms with Crippen molar-refractivity contribution in [3.63, 3.8) is 0 Å². The average Bonchev–Trinajstić information content (AvgIpc) is 2.57. The lowest BCUT2D eigenvalue weighted by molar-refractivity contribution is -0.110. The fourth-order valence-corrected chi connectivity index (χ4v) is 3.38. The second-order valence-corrected chi connectivity index (χ2v) is 5.79. The van der Waals surface area contributed by atoms with Gasteiger partial charge in [-0.2, -0.15) is 0 Å². The minimum atomic E-state index is -2.68. The maximum Gasteiger partial charge on any atom is 0.257 e. The van der Waals surface area contributed by atoms with Gasteiger partial charge in [-0.3, -0.25) is 4.79 Å². The number of alkyl halides is 2. The lowest BCUT2D eigenvalue weighted by Gasteiger charge is -2.38. The van der Waals surface area contributed by atoms with Crippen molar-refractivity contribution in [2.75, 3.05) is 13.1 Å². The van der Waals surface area contributed by atoms with E-state index in [1.165, 1.54) is 17.0 Å². The molecule has 2 fully saturated rings. The largest absolute Gasteiger partial charge is 0.338 e. The number of piperidine rings is 1. The molecular weight excluding hydrogens is 267 g/mol. The van der Waals surface area contributed by atoms with Crippen LogP contribution < -0.4 is 0 Å². The quantitative estimate of drug-likeness (QED) is 0.774. The number of benzene rings is 1. The van der Waals surface area contributed by atoms with Crippen molar-refractivity contribution >= 4 is 5.91 Å². The van der Waals surface area contributed by atoms with Crippen LogP contribution in [0.4, 0.5) is 13.2 Å². The number of halogens is 3. The van der Waals surface area contributed by atoms with Crippen LogP contribution in [-0.4, -0.2) is 29.8 Å². The number of carbonyl (C=O) groups is 1. The Hall–Kier alpha value is -1.52. The maximum absolute atomic E-state index is 13.8. The molecule has 1 aliphatic heterocycles. The van der Waals surface area contributed by atoms with Gasteiger partial charge in [-0.15, -0.1) is 0 Å². The normalized spacial score (nSPS) is 27.7. The Balaban J connectivity index is 1.87. The summed E-state index contributed by atoms with van der Waals surface area (Å²) in [4.78, 5) is 13.8. The van der Waals surface area contributed by atoms with E-state index in [9.17, 15) is 18.0 Å². The molecule has 2 unspecified atom stereocenters. The molecule has 108 valence electrons. The Kier molecular flexibility index (Phi) is 3.03. The lowest BCUT2D eigenvalue weighted by atomic mass is 9.93. The third-order valence-corrected chi connectivity index (χ3v) is 4.56. The van der Waals surface area contributed by atoms with E-state index in [2.05, 4.69) is 0 Å². The van der Waals surface area contributed by atoms with Crippen molar-refractivity contribution in [2.45, 2.75) is 25.7 Å². The fraction of sp³-hybridized carbons (Fsp3) is 0.533. The number of aryl methyl sites for hydroxylation is 1. The molecule has 3 rings (SSSR count). The topological polar surface area (TPSA) is 20.3 Å². The minimum absolute atomic E-state index is 0.0112. The van der Waals surface area contributed by atoms with Gasteiger partial charge in [0.1, 0.15) is 5.82 Å². The fourth-order valence-electron chi connectivity index (χ4n) is 3.38. The van der Waals surface area contributed by atoms with Crippen molar-refractivity contribution in [1.29, 1.82) is 0 Å². The molecule has 2 atom stereocenters. The Morgan fingerprint density at radius 1 is 1.25 bits per heavy atom. The molecule has 1 saturated carbocycles. The minimum Gasteiger partial charge on any atom is -0.338 e. The SMILES string of the molecule is Cc1cccc(F)c1C(=O)N1CC2CCC(C1)C2(F)F. The first-order valence-electron chi connectivity index (χ1n) is 6.83. The first-order chi connectivity index (χ1) is 9.41. The number of amides is 1.